The molecule has 0 aliphatic carbocycles. The Morgan fingerprint density at radius 1 is 1.10 bits per heavy atom. The fourth-order valence-corrected chi connectivity index (χ4v) is 2.40. The molecule has 0 bridgehead atoms. The largest absolute Gasteiger partial charge is 0.339 e. The van der Waals surface area contributed by atoms with E-state index in [9.17, 15) is 14.0 Å². The molecular formula is C16H21FN2O2. The van der Waals surface area contributed by atoms with Gasteiger partial charge in [0.05, 0.1) is 0 Å². The number of benzene rings is 1. The predicted molar refractivity (Wildman–Crippen MR) is 78.5 cm³/mol. The molecule has 4 nitrogen and oxygen atoms in total. The van der Waals surface area contributed by atoms with Crippen molar-refractivity contribution in [2.24, 2.45) is 5.92 Å². The Morgan fingerprint density at radius 3 is 2.19 bits per heavy atom. The van der Waals surface area contributed by atoms with Crippen molar-refractivity contribution in [3.8, 4) is 0 Å². The van der Waals surface area contributed by atoms with Gasteiger partial charge in [-0.1, -0.05) is 19.9 Å². The lowest BCUT2D eigenvalue weighted by molar-refractivity contribution is -0.135. The molecule has 2 amide bonds. The van der Waals surface area contributed by atoms with Crippen molar-refractivity contribution in [2.75, 3.05) is 26.2 Å². The summed E-state index contributed by atoms with van der Waals surface area (Å²) in [5.74, 6) is -0.457. The van der Waals surface area contributed by atoms with Gasteiger partial charge in [0, 0.05) is 37.7 Å². The lowest BCUT2D eigenvalue weighted by Crippen LogP contribution is -2.51. The van der Waals surface area contributed by atoms with E-state index >= 15 is 0 Å². The van der Waals surface area contributed by atoms with Gasteiger partial charge >= 0.3 is 0 Å². The SMILES string of the molecule is Cc1ccc(C(=O)N2CCN(C(=O)C(C)C)CC2)cc1F. The molecule has 0 atom stereocenters. The van der Waals surface area contributed by atoms with E-state index < -0.39 is 0 Å². The fourth-order valence-electron chi connectivity index (χ4n) is 2.40. The predicted octanol–water partition coefficient (Wildman–Crippen LogP) is 2.07. The number of carbonyl (C=O) groups excluding carboxylic acids is 2. The van der Waals surface area contributed by atoms with Crippen LogP contribution < -0.4 is 0 Å². The van der Waals surface area contributed by atoms with Crippen molar-refractivity contribution in [1.29, 1.82) is 0 Å². The number of nitrogens with zero attached hydrogens (tertiary/aromatic N) is 2. The summed E-state index contributed by atoms with van der Waals surface area (Å²) < 4.78 is 13.5. The first-order valence-corrected chi connectivity index (χ1v) is 7.24. The van der Waals surface area contributed by atoms with Crippen molar-refractivity contribution in [3.05, 3.63) is 35.1 Å². The summed E-state index contributed by atoms with van der Waals surface area (Å²) in [5.41, 5.74) is 0.889. The van der Waals surface area contributed by atoms with E-state index in [0.29, 0.717) is 37.3 Å². The van der Waals surface area contributed by atoms with Gasteiger partial charge in [-0.3, -0.25) is 9.59 Å². The summed E-state index contributed by atoms with van der Waals surface area (Å²) in [6.07, 6.45) is 0. The monoisotopic (exact) mass is 292 g/mol. The maximum atomic E-state index is 13.5. The lowest BCUT2D eigenvalue weighted by Gasteiger charge is -2.35. The third-order valence-corrected chi connectivity index (χ3v) is 3.79. The minimum absolute atomic E-state index is 0.0292. The van der Waals surface area contributed by atoms with E-state index in [1.807, 2.05) is 13.8 Å². The van der Waals surface area contributed by atoms with Crippen molar-refractivity contribution in [3.63, 3.8) is 0 Å². The third kappa shape index (κ3) is 3.40. The summed E-state index contributed by atoms with van der Waals surface area (Å²) in [6, 6.07) is 4.54. The molecule has 1 fully saturated rings. The van der Waals surface area contributed by atoms with Crippen LogP contribution in [0.25, 0.3) is 0 Å². The number of halogens is 1. The molecule has 21 heavy (non-hydrogen) atoms. The van der Waals surface area contributed by atoms with Gasteiger partial charge < -0.3 is 9.80 Å². The Balaban J connectivity index is 2.00. The zero-order valence-corrected chi connectivity index (χ0v) is 12.7. The van der Waals surface area contributed by atoms with Crippen LogP contribution in [0.2, 0.25) is 0 Å². The van der Waals surface area contributed by atoms with Crippen LogP contribution in [0.3, 0.4) is 0 Å². The highest BCUT2D eigenvalue weighted by Gasteiger charge is 2.26. The van der Waals surface area contributed by atoms with Gasteiger partial charge in [-0.25, -0.2) is 4.39 Å². The van der Waals surface area contributed by atoms with Gasteiger partial charge in [-0.2, -0.15) is 0 Å². The lowest BCUT2D eigenvalue weighted by atomic mass is 10.1. The average molecular weight is 292 g/mol. The number of aryl methyl sites for hydroxylation is 1. The topological polar surface area (TPSA) is 40.6 Å². The number of hydrogen-bond acceptors (Lipinski definition) is 2. The maximum Gasteiger partial charge on any atom is 0.254 e. The first kappa shape index (κ1) is 15.5. The van der Waals surface area contributed by atoms with Crippen molar-refractivity contribution in [1.82, 2.24) is 9.80 Å². The molecule has 1 aliphatic heterocycles. The molecule has 1 aliphatic rings. The second kappa shape index (κ2) is 6.24. The smallest absolute Gasteiger partial charge is 0.254 e. The molecule has 0 radical (unpaired) electrons. The Bertz CT molecular complexity index is 549. The molecule has 0 saturated carbocycles. The summed E-state index contributed by atoms with van der Waals surface area (Å²) in [6.45, 7) is 7.47. The van der Waals surface area contributed by atoms with E-state index in [1.165, 1.54) is 6.07 Å². The normalized spacial score (nSPS) is 15.5. The molecule has 5 heteroatoms. The Labute approximate surface area is 124 Å². The Kier molecular flexibility index (Phi) is 4.60. The van der Waals surface area contributed by atoms with Crippen LogP contribution in [0.1, 0.15) is 29.8 Å². The quantitative estimate of drug-likeness (QED) is 0.837. The molecule has 0 N–H and O–H groups in total. The van der Waals surface area contributed by atoms with Gasteiger partial charge in [0.1, 0.15) is 5.82 Å². The second-order valence-electron chi connectivity index (χ2n) is 5.74. The molecule has 1 aromatic carbocycles. The molecule has 0 aromatic heterocycles. The zero-order valence-electron chi connectivity index (χ0n) is 12.7. The summed E-state index contributed by atoms with van der Waals surface area (Å²) in [5, 5.41) is 0. The Hall–Kier alpha value is -1.91. The number of amides is 2. The first-order valence-electron chi connectivity index (χ1n) is 7.24. The van der Waals surface area contributed by atoms with E-state index in [4.69, 9.17) is 0 Å². The van der Waals surface area contributed by atoms with E-state index in [2.05, 4.69) is 0 Å². The number of piperazine rings is 1. The van der Waals surface area contributed by atoms with Crippen molar-refractivity contribution >= 4 is 11.8 Å². The van der Waals surface area contributed by atoms with Gasteiger partial charge in [0.15, 0.2) is 0 Å². The molecule has 1 heterocycles. The Morgan fingerprint density at radius 2 is 1.67 bits per heavy atom. The van der Waals surface area contributed by atoms with Crippen molar-refractivity contribution in [2.45, 2.75) is 20.8 Å². The van der Waals surface area contributed by atoms with Crippen LogP contribution >= 0.6 is 0 Å². The van der Waals surface area contributed by atoms with Crippen LogP contribution in [0.4, 0.5) is 4.39 Å². The standard InChI is InChI=1S/C16H21FN2O2/c1-11(2)15(20)18-6-8-19(9-7-18)16(21)13-5-4-12(3)14(17)10-13/h4-5,10-11H,6-9H2,1-3H3. The van der Waals surface area contributed by atoms with Gasteiger partial charge in [-0.15, -0.1) is 0 Å². The molecule has 1 aromatic rings. The molecule has 1 saturated heterocycles. The van der Waals surface area contributed by atoms with Gasteiger partial charge in [0.2, 0.25) is 5.91 Å². The second-order valence-corrected chi connectivity index (χ2v) is 5.74. The van der Waals surface area contributed by atoms with Gasteiger partial charge in [-0.05, 0) is 24.6 Å². The minimum Gasteiger partial charge on any atom is -0.339 e. The summed E-state index contributed by atoms with van der Waals surface area (Å²) >= 11 is 0. The van der Waals surface area contributed by atoms with Crippen LogP contribution in [0.15, 0.2) is 18.2 Å². The highest BCUT2D eigenvalue weighted by atomic mass is 19.1. The van der Waals surface area contributed by atoms with Crippen LogP contribution in [0.5, 0.6) is 0 Å². The van der Waals surface area contributed by atoms with Crippen molar-refractivity contribution < 1.29 is 14.0 Å². The van der Waals surface area contributed by atoms with Crippen LogP contribution in [-0.4, -0.2) is 47.8 Å². The summed E-state index contributed by atoms with van der Waals surface area (Å²) in [7, 11) is 0. The van der Waals surface area contributed by atoms with Gasteiger partial charge in [0.25, 0.3) is 5.91 Å². The zero-order chi connectivity index (χ0) is 15.6. The third-order valence-electron chi connectivity index (χ3n) is 3.79. The summed E-state index contributed by atoms with van der Waals surface area (Å²) in [4.78, 5) is 27.7. The number of carbonyl (C=O) groups is 2. The molecule has 114 valence electrons. The van der Waals surface area contributed by atoms with E-state index in [-0.39, 0.29) is 23.5 Å². The molecule has 0 spiro atoms. The van der Waals surface area contributed by atoms with E-state index in [0.717, 1.165) is 0 Å². The van der Waals surface area contributed by atoms with E-state index in [1.54, 1.807) is 28.9 Å². The average Bonchev–Trinajstić information content (AvgIpc) is 2.48. The van der Waals surface area contributed by atoms with Crippen LogP contribution in [-0.2, 0) is 4.79 Å². The highest BCUT2D eigenvalue weighted by Crippen LogP contribution is 2.14. The first-order chi connectivity index (χ1) is 9.90. The molecule has 0 unspecified atom stereocenters. The number of rotatable bonds is 2. The fraction of sp³-hybridized carbons (Fsp3) is 0.500. The minimum atomic E-state index is -0.366. The van der Waals surface area contributed by atoms with Crippen LogP contribution in [0, 0.1) is 18.7 Å². The number of hydrogen-bond donors (Lipinski definition) is 0. The molecular weight excluding hydrogens is 271 g/mol. The maximum absolute atomic E-state index is 13.5. The highest BCUT2D eigenvalue weighted by molar-refractivity contribution is 5.94. The molecule has 2 rings (SSSR count).